The van der Waals surface area contributed by atoms with Crippen molar-refractivity contribution in [2.45, 2.75) is 4.90 Å². The molecule has 1 heterocycles. The lowest BCUT2D eigenvalue weighted by molar-refractivity contribution is 0.0702. The predicted octanol–water partition coefficient (Wildman–Crippen LogP) is 3.31. The van der Waals surface area contributed by atoms with Crippen LogP contribution in [0, 0.1) is 11.3 Å². The van der Waals surface area contributed by atoms with E-state index in [1.165, 1.54) is 17.8 Å². The van der Waals surface area contributed by atoms with Crippen LogP contribution in [-0.2, 0) is 0 Å². The molecule has 0 radical (unpaired) electrons. The maximum atomic E-state index is 12.2. The first kappa shape index (κ1) is 15.1. The number of carboxylic acids is 1. The molecule has 0 aliphatic carbocycles. The van der Waals surface area contributed by atoms with E-state index in [-0.39, 0.29) is 16.5 Å². The van der Waals surface area contributed by atoms with Crippen molar-refractivity contribution < 1.29 is 14.7 Å². The first-order valence-electron chi connectivity index (χ1n) is 5.85. The van der Waals surface area contributed by atoms with Crippen molar-refractivity contribution in [3.63, 3.8) is 0 Å². The number of rotatable bonds is 5. The van der Waals surface area contributed by atoms with E-state index < -0.39 is 5.97 Å². The SMILES string of the molecule is N#CCSc1ccccc1C(=O)Nc1ccc(C(=O)O)s1. The number of carbonyl (C=O) groups excluding carboxylic acids is 1. The lowest BCUT2D eigenvalue weighted by Crippen LogP contribution is -2.12. The molecule has 1 amide bonds. The predicted molar refractivity (Wildman–Crippen MR) is 82.0 cm³/mol. The minimum atomic E-state index is -1.02. The Morgan fingerprint density at radius 3 is 2.71 bits per heavy atom. The number of nitrogens with zero attached hydrogens (tertiary/aromatic N) is 1. The summed E-state index contributed by atoms with van der Waals surface area (Å²) in [5.74, 6) is -1.09. The third kappa shape index (κ3) is 3.84. The smallest absolute Gasteiger partial charge is 0.345 e. The minimum absolute atomic E-state index is 0.164. The van der Waals surface area contributed by atoms with Crippen LogP contribution in [0.4, 0.5) is 5.00 Å². The van der Waals surface area contributed by atoms with Crippen molar-refractivity contribution >= 4 is 40.0 Å². The first-order chi connectivity index (χ1) is 10.1. The van der Waals surface area contributed by atoms with Gasteiger partial charge in [-0.15, -0.1) is 23.1 Å². The van der Waals surface area contributed by atoms with Crippen LogP contribution in [0.25, 0.3) is 0 Å². The number of carboxylic acid groups (broad SMARTS) is 1. The number of nitriles is 1. The van der Waals surface area contributed by atoms with Gasteiger partial charge in [-0.05, 0) is 24.3 Å². The Hall–Kier alpha value is -2.30. The lowest BCUT2D eigenvalue weighted by atomic mass is 10.2. The Bertz CT molecular complexity index is 719. The van der Waals surface area contributed by atoms with Crippen LogP contribution >= 0.6 is 23.1 Å². The topological polar surface area (TPSA) is 90.2 Å². The van der Waals surface area contributed by atoms with Crippen molar-refractivity contribution in [1.29, 1.82) is 5.26 Å². The molecule has 2 rings (SSSR count). The van der Waals surface area contributed by atoms with Crippen LogP contribution in [-0.4, -0.2) is 22.7 Å². The molecule has 0 aliphatic rings. The van der Waals surface area contributed by atoms with Gasteiger partial charge in [0.1, 0.15) is 4.88 Å². The number of thioether (sulfide) groups is 1. The number of carbonyl (C=O) groups is 2. The van der Waals surface area contributed by atoms with Crippen LogP contribution in [0.1, 0.15) is 20.0 Å². The average Bonchev–Trinajstić information content (AvgIpc) is 2.94. The molecule has 0 bridgehead atoms. The summed E-state index contributed by atoms with van der Waals surface area (Å²) in [4.78, 5) is 23.9. The standard InChI is InChI=1S/C14H10N2O3S2/c15-7-8-20-10-4-2-1-3-9(10)13(17)16-12-6-5-11(21-12)14(18)19/h1-6H,8H2,(H,16,17)(H,18,19). The van der Waals surface area contributed by atoms with Crippen LogP contribution in [0.5, 0.6) is 0 Å². The van der Waals surface area contributed by atoms with Gasteiger partial charge in [-0.3, -0.25) is 4.79 Å². The molecule has 0 aliphatic heterocycles. The third-order valence-electron chi connectivity index (χ3n) is 2.48. The summed E-state index contributed by atoms with van der Waals surface area (Å²) < 4.78 is 0. The molecule has 7 heteroatoms. The second-order valence-corrected chi connectivity index (χ2v) is 5.97. The fourth-order valence-electron chi connectivity index (χ4n) is 1.59. The summed E-state index contributed by atoms with van der Waals surface area (Å²) in [7, 11) is 0. The van der Waals surface area contributed by atoms with Gasteiger partial charge >= 0.3 is 5.97 Å². The van der Waals surface area contributed by atoms with Gasteiger partial charge < -0.3 is 10.4 Å². The Labute approximate surface area is 129 Å². The number of anilines is 1. The summed E-state index contributed by atoms with van der Waals surface area (Å²) in [6.07, 6.45) is 0. The number of hydrogen-bond donors (Lipinski definition) is 2. The number of amides is 1. The van der Waals surface area contributed by atoms with Gasteiger partial charge in [-0.25, -0.2) is 4.79 Å². The number of aromatic carboxylic acids is 1. The minimum Gasteiger partial charge on any atom is -0.477 e. The zero-order valence-electron chi connectivity index (χ0n) is 10.7. The maximum Gasteiger partial charge on any atom is 0.345 e. The molecule has 2 aromatic rings. The zero-order valence-corrected chi connectivity index (χ0v) is 12.3. The van der Waals surface area contributed by atoms with Crippen LogP contribution < -0.4 is 5.32 Å². The summed E-state index contributed by atoms with van der Waals surface area (Å²) in [5.41, 5.74) is 0.461. The maximum absolute atomic E-state index is 12.2. The largest absolute Gasteiger partial charge is 0.477 e. The Morgan fingerprint density at radius 2 is 2.05 bits per heavy atom. The fraction of sp³-hybridized carbons (Fsp3) is 0.0714. The molecule has 106 valence electrons. The second kappa shape index (κ2) is 6.92. The van der Waals surface area contributed by atoms with Gasteiger partial charge in [0, 0.05) is 4.90 Å². The number of nitrogens with one attached hydrogen (secondary N) is 1. The monoisotopic (exact) mass is 318 g/mol. The molecule has 1 aromatic heterocycles. The molecule has 5 nitrogen and oxygen atoms in total. The Kier molecular flexibility index (Phi) is 4.98. The van der Waals surface area contributed by atoms with Gasteiger partial charge in [0.05, 0.1) is 22.4 Å². The number of hydrogen-bond acceptors (Lipinski definition) is 5. The molecule has 0 spiro atoms. The van der Waals surface area contributed by atoms with Crippen LogP contribution in [0.2, 0.25) is 0 Å². The van der Waals surface area contributed by atoms with E-state index in [0.717, 1.165) is 11.3 Å². The molecular weight excluding hydrogens is 308 g/mol. The van der Waals surface area contributed by atoms with Crippen molar-refractivity contribution in [3.8, 4) is 6.07 Å². The highest BCUT2D eigenvalue weighted by atomic mass is 32.2. The average molecular weight is 318 g/mol. The van der Waals surface area contributed by atoms with Crippen molar-refractivity contribution in [2.75, 3.05) is 11.1 Å². The zero-order chi connectivity index (χ0) is 15.2. The van der Waals surface area contributed by atoms with E-state index >= 15 is 0 Å². The van der Waals surface area contributed by atoms with Crippen molar-refractivity contribution in [3.05, 3.63) is 46.8 Å². The van der Waals surface area contributed by atoms with Crippen molar-refractivity contribution in [1.82, 2.24) is 0 Å². The third-order valence-corrected chi connectivity index (χ3v) is 4.41. The molecular formula is C14H10N2O3S2. The summed E-state index contributed by atoms with van der Waals surface area (Å²) >= 11 is 2.28. The summed E-state index contributed by atoms with van der Waals surface area (Å²) in [6.45, 7) is 0. The van der Waals surface area contributed by atoms with E-state index in [1.807, 2.05) is 6.07 Å². The molecule has 0 atom stereocenters. The van der Waals surface area contributed by atoms with Gasteiger partial charge in [0.15, 0.2) is 0 Å². The van der Waals surface area contributed by atoms with Gasteiger partial charge in [-0.2, -0.15) is 5.26 Å². The number of benzene rings is 1. The van der Waals surface area contributed by atoms with Crippen LogP contribution in [0.15, 0.2) is 41.3 Å². The van der Waals surface area contributed by atoms with Gasteiger partial charge in [0.2, 0.25) is 0 Å². The first-order valence-corrected chi connectivity index (χ1v) is 7.65. The molecule has 0 saturated carbocycles. The highest BCUT2D eigenvalue weighted by Crippen LogP contribution is 2.26. The lowest BCUT2D eigenvalue weighted by Gasteiger charge is -2.07. The van der Waals surface area contributed by atoms with E-state index in [0.29, 0.717) is 15.5 Å². The summed E-state index contributed by atoms with van der Waals surface area (Å²) in [5, 5.41) is 20.6. The summed E-state index contributed by atoms with van der Waals surface area (Å²) in [6, 6.07) is 12.0. The van der Waals surface area contributed by atoms with Gasteiger partial charge in [-0.1, -0.05) is 12.1 Å². The normalized spacial score (nSPS) is 9.86. The van der Waals surface area contributed by atoms with E-state index in [2.05, 4.69) is 5.32 Å². The fourth-order valence-corrected chi connectivity index (χ4v) is 3.04. The Morgan fingerprint density at radius 1 is 1.29 bits per heavy atom. The molecule has 2 N–H and O–H groups in total. The van der Waals surface area contributed by atoms with Crippen molar-refractivity contribution in [2.24, 2.45) is 0 Å². The van der Waals surface area contributed by atoms with Crippen LogP contribution in [0.3, 0.4) is 0 Å². The second-order valence-electron chi connectivity index (χ2n) is 3.87. The number of thiophene rings is 1. The molecule has 21 heavy (non-hydrogen) atoms. The quantitative estimate of drug-likeness (QED) is 0.825. The molecule has 0 saturated heterocycles. The van der Waals surface area contributed by atoms with E-state index in [9.17, 15) is 9.59 Å². The Balaban J connectivity index is 2.16. The van der Waals surface area contributed by atoms with Gasteiger partial charge in [0.25, 0.3) is 5.91 Å². The van der Waals surface area contributed by atoms with E-state index in [1.54, 1.807) is 30.3 Å². The molecule has 1 aromatic carbocycles. The highest BCUT2D eigenvalue weighted by molar-refractivity contribution is 7.99. The molecule has 0 unspecified atom stereocenters. The van der Waals surface area contributed by atoms with E-state index in [4.69, 9.17) is 10.4 Å². The highest BCUT2D eigenvalue weighted by Gasteiger charge is 2.13. The molecule has 0 fully saturated rings.